The van der Waals surface area contributed by atoms with E-state index in [4.69, 9.17) is 9.40 Å². The highest BCUT2D eigenvalue weighted by Gasteiger charge is 2.17. The van der Waals surface area contributed by atoms with Crippen LogP contribution < -0.4 is 0 Å². The van der Waals surface area contributed by atoms with Gasteiger partial charge in [-0.1, -0.05) is 15.9 Å². The SMILES string of the molecule is Cc1oc(C)c(-c2nc3c(C)cc(Br)cc3[nH]2)c1C. The Kier molecular flexibility index (Phi) is 2.78. The summed E-state index contributed by atoms with van der Waals surface area (Å²) in [7, 11) is 0. The van der Waals surface area contributed by atoms with Crippen molar-refractivity contribution in [3.05, 3.63) is 39.3 Å². The number of hydrogen-bond donors (Lipinski definition) is 1. The van der Waals surface area contributed by atoms with Crippen molar-refractivity contribution in [2.45, 2.75) is 27.7 Å². The van der Waals surface area contributed by atoms with E-state index < -0.39 is 0 Å². The second-order valence-corrected chi connectivity index (χ2v) is 5.83. The molecule has 0 saturated carbocycles. The molecule has 0 amide bonds. The highest BCUT2D eigenvalue weighted by atomic mass is 79.9. The number of hydrogen-bond acceptors (Lipinski definition) is 2. The van der Waals surface area contributed by atoms with Crippen LogP contribution in [0.1, 0.15) is 22.6 Å². The van der Waals surface area contributed by atoms with Gasteiger partial charge in [0, 0.05) is 10.0 Å². The fourth-order valence-electron chi connectivity index (χ4n) is 2.51. The van der Waals surface area contributed by atoms with Gasteiger partial charge < -0.3 is 9.40 Å². The molecule has 0 atom stereocenters. The van der Waals surface area contributed by atoms with Crippen LogP contribution in [0.25, 0.3) is 22.4 Å². The summed E-state index contributed by atoms with van der Waals surface area (Å²) in [6.07, 6.45) is 0. The monoisotopic (exact) mass is 318 g/mol. The summed E-state index contributed by atoms with van der Waals surface area (Å²) >= 11 is 3.52. The third-order valence-corrected chi connectivity index (χ3v) is 4.00. The predicted octanol–water partition coefficient (Wildman–Crippen LogP) is 4.82. The average Bonchev–Trinajstić information content (AvgIpc) is 2.81. The second-order valence-electron chi connectivity index (χ2n) is 4.92. The maximum absolute atomic E-state index is 5.68. The van der Waals surface area contributed by atoms with Gasteiger partial charge in [0.1, 0.15) is 17.3 Å². The molecule has 0 aliphatic rings. The number of furan rings is 1. The Bertz CT molecular complexity index is 783. The molecule has 0 saturated heterocycles. The maximum Gasteiger partial charge on any atom is 0.142 e. The van der Waals surface area contributed by atoms with Gasteiger partial charge in [-0.05, 0) is 45.4 Å². The summed E-state index contributed by atoms with van der Waals surface area (Å²) in [4.78, 5) is 8.11. The van der Waals surface area contributed by atoms with Gasteiger partial charge in [-0.15, -0.1) is 0 Å². The van der Waals surface area contributed by atoms with Crippen molar-refractivity contribution < 1.29 is 4.42 Å². The van der Waals surface area contributed by atoms with Crippen LogP contribution in [0, 0.1) is 27.7 Å². The third kappa shape index (κ3) is 1.91. The molecule has 0 spiro atoms. The first-order valence-corrected chi connectivity index (χ1v) is 6.99. The van der Waals surface area contributed by atoms with E-state index in [1.807, 2.05) is 13.8 Å². The van der Waals surface area contributed by atoms with Crippen molar-refractivity contribution in [1.82, 2.24) is 9.97 Å². The Morgan fingerprint density at radius 2 is 1.84 bits per heavy atom. The van der Waals surface area contributed by atoms with Crippen molar-refractivity contribution in [2.24, 2.45) is 0 Å². The number of benzene rings is 1. The van der Waals surface area contributed by atoms with Crippen LogP contribution in [-0.2, 0) is 0 Å². The summed E-state index contributed by atoms with van der Waals surface area (Å²) < 4.78 is 6.74. The highest BCUT2D eigenvalue weighted by Crippen LogP contribution is 2.32. The van der Waals surface area contributed by atoms with E-state index in [1.165, 1.54) is 0 Å². The Labute approximate surface area is 120 Å². The molecular formula is C15H15BrN2O. The Morgan fingerprint density at radius 3 is 2.47 bits per heavy atom. The zero-order valence-electron chi connectivity index (χ0n) is 11.4. The number of fused-ring (bicyclic) bond motifs is 1. The fraction of sp³-hybridized carbons (Fsp3) is 0.267. The number of nitrogens with zero attached hydrogens (tertiary/aromatic N) is 1. The molecule has 3 nitrogen and oxygen atoms in total. The number of aromatic nitrogens is 2. The van der Waals surface area contributed by atoms with Crippen molar-refractivity contribution >= 4 is 27.0 Å². The van der Waals surface area contributed by atoms with Crippen molar-refractivity contribution in [2.75, 3.05) is 0 Å². The van der Waals surface area contributed by atoms with E-state index in [0.717, 1.165) is 49.5 Å². The minimum absolute atomic E-state index is 0.878. The van der Waals surface area contributed by atoms with Gasteiger partial charge in [0.25, 0.3) is 0 Å². The Morgan fingerprint density at radius 1 is 1.11 bits per heavy atom. The molecule has 0 unspecified atom stereocenters. The van der Waals surface area contributed by atoms with Gasteiger partial charge in [0.2, 0.25) is 0 Å². The minimum Gasteiger partial charge on any atom is -0.466 e. The molecule has 0 aliphatic carbocycles. The quantitative estimate of drug-likeness (QED) is 0.699. The first kappa shape index (κ1) is 12.5. The maximum atomic E-state index is 5.68. The van der Waals surface area contributed by atoms with Gasteiger partial charge in [0.05, 0.1) is 16.6 Å². The number of halogens is 1. The normalized spacial score (nSPS) is 11.4. The van der Waals surface area contributed by atoms with Gasteiger partial charge >= 0.3 is 0 Å². The first-order chi connectivity index (χ1) is 8.97. The van der Waals surface area contributed by atoms with E-state index in [0.29, 0.717) is 0 Å². The lowest BCUT2D eigenvalue weighted by Gasteiger charge is -1.95. The minimum atomic E-state index is 0.878. The molecule has 4 heteroatoms. The lowest BCUT2D eigenvalue weighted by atomic mass is 10.1. The van der Waals surface area contributed by atoms with Crippen LogP contribution >= 0.6 is 15.9 Å². The number of rotatable bonds is 1. The molecule has 0 fully saturated rings. The van der Waals surface area contributed by atoms with Gasteiger partial charge in [-0.3, -0.25) is 0 Å². The zero-order valence-corrected chi connectivity index (χ0v) is 13.0. The topological polar surface area (TPSA) is 41.8 Å². The van der Waals surface area contributed by atoms with Crippen LogP contribution in [0.15, 0.2) is 21.0 Å². The lowest BCUT2D eigenvalue weighted by molar-refractivity contribution is 0.503. The van der Waals surface area contributed by atoms with Gasteiger partial charge in [-0.2, -0.15) is 0 Å². The number of H-pyrrole nitrogens is 1. The molecule has 3 aromatic rings. The average molecular weight is 319 g/mol. The number of aromatic amines is 1. The lowest BCUT2D eigenvalue weighted by Crippen LogP contribution is -1.84. The highest BCUT2D eigenvalue weighted by molar-refractivity contribution is 9.10. The smallest absolute Gasteiger partial charge is 0.142 e. The summed E-state index contributed by atoms with van der Waals surface area (Å²) in [6, 6.07) is 4.13. The first-order valence-electron chi connectivity index (χ1n) is 6.20. The van der Waals surface area contributed by atoms with E-state index >= 15 is 0 Å². The number of aryl methyl sites for hydroxylation is 3. The molecule has 98 valence electrons. The molecule has 0 radical (unpaired) electrons. The molecule has 2 aromatic heterocycles. The van der Waals surface area contributed by atoms with Crippen molar-refractivity contribution in [3.63, 3.8) is 0 Å². The molecule has 3 rings (SSSR count). The summed E-state index contributed by atoms with van der Waals surface area (Å²) in [5, 5.41) is 0. The van der Waals surface area contributed by atoms with Gasteiger partial charge in [-0.25, -0.2) is 4.98 Å². The van der Waals surface area contributed by atoms with E-state index in [2.05, 4.69) is 46.9 Å². The van der Waals surface area contributed by atoms with Crippen molar-refractivity contribution in [3.8, 4) is 11.4 Å². The molecule has 0 bridgehead atoms. The summed E-state index contributed by atoms with van der Waals surface area (Å²) in [5.74, 6) is 2.74. The molecule has 1 N–H and O–H groups in total. The molecule has 2 heterocycles. The Hall–Kier alpha value is -1.55. The zero-order chi connectivity index (χ0) is 13.7. The Balaban J connectivity index is 2.29. The van der Waals surface area contributed by atoms with Crippen LogP contribution in [0.3, 0.4) is 0 Å². The van der Waals surface area contributed by atoms with Crippen LogP contribution in [0.4, 0.5) is 0 Å². The van der Waals surface area contributed by atoms with Crippen LogP contribution in [-0.4, -0.2) is 9.97 Å². The largest absolute Gasteiger partial charge is 0.466 e. The molecule has 1 aromatic carbocycles. The predicted molar refractivity (Wildman–Crippen MR) is 80.4 cm³/mol. The fourth-order valence-corrected chi connectivity index (χ4v) is 3.08. The number of nitrogens with one attached hydrogen (secondary N) is 1. The van der Waals surface area contributed by atoms with Gasteiger partial charge in [0.15, 0.2) is 0 Å². The summed E-state index contributed by atoms with van der Waals surface area (Å²) in [5.41, 5.74) is 5.43. The standard InChI is InChI=1S/C15H15BrN2O/c1-7-5-11(16)6-12-14(7)18-15(17-12)13-8(2)9(3)19-10(13)4/h5-6H,1-4H3,(H,17,18). The molecule has 0 aliphatic heterocycles. The molecular weight excluding hydrogens is 304 g/mol. The van der Waals surface area contributed by atoms with E-state index in [9.17, 15) is 0 Å². The van der Waals surface area contributed by atoms with Crippen molar-refractivity contribution in [1.29, 1.82) is 0 Å². The van der Waals surface area contributed by atoms with Crippen LogP contribution in [0.2, 0.25) is 0 Å². The van der Waals surface area contributed by atoms with E-state index in [1.54, 1.807) is 0 Å². The third-order valence-electron chi connectivity index (χ3n) is 3.54. The number of imidazole rings is 1. The van der Waals surface area contributed by atoms with E-state index in [-0.39, 0.29) is 0 Å². The second kappa shape index (κ2) is 4.23. The summed E-state index contributed by atoms with van der Waals surface area (Å²) in [6.45, 7) is 8.09. The molecule has 19 heavy (non-hydrogen) atoms. The van der Waals surface area contributed by atoms with Crippen LogP contribution in [0.5, 0.6) is 0 Å².